The van der Waals surface area contributed by atoms with E-state index in [1.165, 1.54) is 0 Å². The lowest BCUT2D eigenvalue weighted by Gasteiger charge is -2.36. The Morgan fingerprint density at radius 2 is 1.87 bits per heavy atom. The molecule has 1 aromatic rings. The summed E-state index contributed by atoms with van der Waals surface area (Å²) in [6, 6.07) is 0. The van der Waals surface area contributed by atoms with Crippen molar-refractivity contribution < 1.29 is 4.74 Å². The summed E-state index contributed by atoms with van der Waals surface area (Å²) in [5.41, 5.74) is 0. The van der Waals surface area contributed by atoms with Gasteiger partial charge in [0.2, 0.25) is 0 Å². The van der Waals surface area contributed by atoms with Crippen molar-refractivity contribution in [2.75, 3.05) is 18.0 Å². The molecule has 1 aromatic heterocycles. The van der Waals surface area contributed by atoms with Gasteiger partial charge in [0.15, 0.2) is 11.0 Å². The van der Waals surface area contributed by atoms with Crippen LogP contribution < -0.4 is 4.90 Å². The minimum absolute atomic E-state index is 0.201. The second-order valence-electron chi connectivity index (χ2n) is 3.83. The Morgan fingerprint density at radius 1 is 1.27 bits per heavy atom. The first-order valence-electron chi connectivity index (χ1n) is 5.03. The zero-order valence-electron chi connectivity index (χ0n) is 8.85. The molecule has 1 fully saturated rings. The quantitative estimate of drug-likeness (QED) is 0.733. The van der Waals surface area contributed by atoms with Crippen LogP contribution in [0.1, 0.15) is 13.8 Å². The molecule has 1 aliphatic heterocycles. The van der Waals surface area contributed by atoms with Gasteiger partial charge in [-0.15, -0.1) is 0 Å². The Kier molecular flexibility index (Phi) is 3.07. The van der Waals surface area contributed by atoms with Crippen molar-refractivity contribution in [3.05, 3.63) is 17.5 Å². The monoisotopic (exact) mass is 227 g/mol. The van der Waals surface area contributed by atoms with E-state index in [0.717, 1.165) is 18.9 Å². The number of halogens is 1. The molecule has 0 radical (unpaired) electrons. The first-order valence-corrected chi connectivity index (χ1v) is 5.41. The number of morpholine rings is 1. The first-order chi connectivity index (χ1) is 7.16. The molecule has 0 aliphatic carbocycles. The molecule has 0 bridgehead atoms. The predicted octanol–water partition coefficient (Wildman–Crippen LogP) is 1.74. The highest BCUT2D eigenvalue weighted by atomic mass is 35.5. The summed E-state index contributed by atoms with van der Waals surface area (Å²) in [6.07, 6.45) is 3.66. The van der Waals surface area contributed by atoms with E-state index >= 15 is 0 Å². The average Bonchev–Trinajstić information content (AvgIpc) is 2.16. The van der Waals surface area contributed by atoms with Crippen molar-refractivity contribution in [2.45, 2.75) is 26.1 Å². The third kappa shape index (κ3) is 2.38. The molecule has 0 spiro atoms. The van der Waals surface area contributed by atoms with Crippen LogP contribution in [0.4, 0.5) is 5.82 Å². The van der Waals surface area contributed by atoms with E-state index in [1.54, 1.807) is 12.4 Å². The van der Waals surface area contributed by atoms with Crippen molar-refractivity contribution in [3.63, 3.8) is 0 Å². The Labute approximate surface area is 94.2 Å². The van der Waals surface area contributed by atoms with Gasteiger partial charge in [-0.25, -0.2) is 9.97 Å². The minimum atomic E-state index is 0.201. The van der Waals surface area contributed by atoms with Crippen molar-refractivity contribution in [1.82, 2.24) is 9.97 Å². The van der Waals surface area contributed by atoms with Gasteiger partial charge < -0.3 is 9.64 Å². The summed E-state index contributed by atoms with van der Waals surface area (Å²) in [5.74, 6) is 0.751. The smallest absolute Gasteiger partial charge is 0.171 e. The molecule has 4 nitrogen and oxygen atoms in total. The molecule has 0 amide bonds. The average molecular weight is 228 g/mol. The molecule has 2 heterocycles. The molecular weight excluding hydrogens is 214 g/mol. The summed E-state index contributed by atoms with van der Waals surface area (Å²) >= 11 is 6.00. The minimum Gasteiger partial charge on any atom is -0.372 e. The van der Waals surface area contributed by atoms with Crippen LogP contribution in [-0.4, -0.2) is 35.3 Å². The van der Waals surface area contributed by atoms with Gasteiger partial charge in [0.1, 0.15) is 0 Å². The fourth-order valence-electron chi connectivity index (χ4n) is 1.88. The van der Waals surface area contributed by atoms with E-state index in [9.17, 15) is 0 Å². The van der Waals surface area contributed by atoms with Crippen LogP contribution in [0, 0.1) is 0 Å². The zero-order valence-corrected chi connectivity index (χ0v) is 9.61. The number of ether oxygens (including phenoxy) is 1. The second-order valence-corrected chi connectivity index (χ2v) is 4.19. The van der Waals surface area contributed by atoms with Gasteiger partial charge in [-0.3, -0.25) is 0 Å². The molecule has 1 saturated heterocycles. The van der Waals surface area contributed by atoms with Crippen molar-refractivity contribution in [3.8, 4) is 0 Å². The first kappa shape index (κ1) is 10.6. The number of hydrogen-bond acceptors (Lipinski definition) is 4. The van der Waals surface area contributed by atoms with Crippen LogP contribution in [-0.2, 0) is 4.74 Å². The van der Waals surface area contributed by atoms with Gasteiger partial charge in [0.05, 0.1) is 12.2 Å². The lowest BCUT2D eigenvalue weighted by atomic mass is 10.2. The lowest BCUT2D eigenvalue weighted by molar-refractivity contribution is -0.00546. The summed E-state index contributed by atoms with van der Waals surface area (Å²) < 4.78 is 5.64. The van der Waals surface area contributed by atoms with Crippen molar-refractivity contribution in [1.29, 1.82) is 0 Å². The van der Waals surface area contributed by atoms with E-state index in [4.69, 9.17) is 16.3 Å². The van der Waals surface area contributed by atoms with Crippen molar-refractivity contribution >= 4 is 17.4 Å². The van der Waals surface area contributed by atoms with E-state index in [2.05, 4.69) is 14.9 Å². The summed E-state index contributed by atoms with van der Waals surface area (Å²) in [7, 11) is 0. The molecule has 0 aromatic carbocycles. The van der Waals surface area contributed by atoms with E-state index < -0.39 is 0 Å². The van der Waals surface area contributed by atoms with Gasteiger partial charge in [-0.2, -0.15) is 0 Å². The predicted molar refractivity (Wildman–Crippen MR) is 59.3 cm³/mol. The van der Waals surface area contributed by atoms with Crippen LogP contribution in [0.25, 0.3) is 0 Å². The molecule has 2 unspecified atom stereocenters. The summed E-state index contributed by atoms with van der Waals surface area (Å²) in [5, 5.41) is 0.457. The van der Waals surface area contributed by atoms with Crippen LogP contribution >= 0.6 is 11.6 Å². The SMILES string of the molecule is CC1CN(c2nccnc2Cl)CC(C)O1. The van der Waals surface area contributed by atoms with Gasteiger partial charge in [0, 0.05) is 25.5 Å². The summed E-state index contributed by atoms with van der Waals surface area (Å²) in [6.45, 7) is 5.71. The Bertz CT molecular complexity index is 337. The molecule has 15 heavy (non-hydrogen) atoms. The fraction of sp³-hybridized carbons (Fsp3) is 0.600. The molecule has 82 valence electrons. The van der Waals surface area contributed by atoms with E-state index in [1.807, 2.05) is 13.8 Å². The largest absolute Gasteiger partial charge is 0.372 e. The molecular formula is C10H14ClN3O. The molecule has 0 N–H and O–H groups in total. The molecule has 2 rings (SSSR count). The maximum Gasteiger partial charge on any atom is 0.171 e. The molecule has 2 atom stereocenters. The highest BCUT2D eigenvalue weighted by Crippen LogP contribution is 2.23. The van der Waals surface area contributed by atoms with Crippen LogP contribution in [0.5, 0.6) is 0 Å². The molecule has 5 heteroatoms. The Balaban J connectivity index is 2.20. The second kappa shape index (κ2) is 4.33. The number of rotatable bonds is 1. The topological polar surface area (TPSA) is 38.2 Å². The van der Waals surface area contributed by atoms with Gasteiger partial charge in [0.25, 0.3) is 0 Å². The fourth-order valence-corrected chi connectivity index (χ4v) is 2.10. The van der Waals surface area contributed by atoms with Gasteiger partial charge in [-0.1, -0.05) is 11.6 Å². The van der Waals surface area contributed by atoms with E-state index in [0.29, 0.717) is 5.15 Å². The van der Waals surface area contributed by atoms with E-state index in [-0.39, 0.29) is 12.2 Å². The van der Waals surface area contributed by atoms with Crippen LogP contribution in [0.15, 0.2) is 12.4 Å². The lowest BCUT2D eigenvalue weighted by Crippen LogP contribution is -2.46. The number of anilines is 1. The number of nitrogens with zero attached hydrogens (tertiary/aromatic N) is 3. The maximum atomic E-state index is 6.00. The Hall–Kier alpha value is -0.870. The van der Waals surface area contributed by atoms with Crippen LogP contribution in [0.2, 0.25) is 5.15 Å². The maximum absolute atomic E-state index is 6.00. The van der Waals surface area contributed by atoms with Gasteiger partial charge in [-0.05, 0) is 13.8 Å². The summed E-state index contributed by atoms with van der Waals surface area (Å²) in [4.78, 5) is 10.4. The zero-order chi connectivity index (χ0) is 10.8. The Morgan fingerprint density at radius 3 is 2.47 bits per heavy atom. The highest BCUT2D eigenvalue weighted by molar-refractivity contribution is 6.31. The molecule has 1 aliphatic rings. The normalized spacial score (nSPS) is 26.7. The number of aromatic nitrogens is 2. The van der Waals surface area contributed by atoms with Crippen molar-refractivity contribution in [2.24, 2.45) is 0 Å². The van der Waals surface area contributed by atoms with Crippen LogP contribution in [0.3, 0.4) is 0 Å². The highest BCUT2D eigenvalue weighted by Gasteiger charge is 2.24. The third-order valence-electron chi connectivity index (χ3n) is 2.36. The standard InChI is InChI=1S/C10H14ClN3O/c1-7-5-14(6-8(2)15-7)10-9(11)12-3-4-13-10/h3-4,7-8H,5-6H2,1-2H3. The third-order valence-corrected chi connectivity index (χ3v) is 2.62. The molecule has 0 saturated carbocycles. The number of hydrogen-bond donors (Lipinski definition) is 0. The van der Waals surface area contributed by atoms with Gasteiger partial charge >= 0.3 is 0 Å².